The van der Waals surface area contributed by atoms with Crippen LogP contribution in [-0.2, 0) is 12.8 Å². The molecule has 108 valence electrons. The molecule has 2 aromatic rings. The number of nitrogens with one attached hydrogen (secondary N) is 1. The van der Waals surface area contributed by atoms with Crippen molar-refractivity contribution in [2.24, 2.45) is 0 Å². The summed E-state index contributed by atoms with van der Waals surface area (Å²) in [5.41, 5.74) is 1.18. The molecule has 1 unspecified atom stereocenters. The molecule has 1 aromatic heterocycles. The molecule has 0 fully saturated rings. The zero-order valence-corrected chi connectivity index (χ0v) is 13.9. The van der Waals surface area contributed by atoms with Crippen molar-refractivity contribution in [3.63, 3.8) is 0 Å². The SMILES string of the molecule is CCNC(CCc1ccco1)Cc1ccc(Br)cc1Cl. The van der Waals surface area contributed by atoms with Gasteiger partial charge in [0.1, 0.15) is 5.76 Å². The molecule has 0 spiro atoms. The Morgan fingerprint density at radius 2 is 2.20 bits per heavy atom. The Morgan fingerprint density at radius 1 is 1.35 bits per heavy atom. The molecule has 1 aromatic carbocycles. The second kappa shape index (κ2) is 7.87. The van der Waals surface area contributed by atoms with Gasteiger partial charge in [-0.1, -0.05) is 40.5 Å². The lowest BCUT2D eigenvalue weighted by Gasteiger charge is -2.18. The van der Waals surface area contributed by atoms with E-state index >= 15 is 0 Å². The van der Waals surface area contributed by atoms with Crippen LogP contribution in [0.5, 0.6) is 0 Å². The van der Waals surface area contributed by atoms with E-state index in [9.17, 15) is 0 Å². The first-order valence-corrected chi connectivity index (χ1v) is 8.06. The van der Waals surface area contributed by atoms with Crippen LogP contribution in [0.2, 0.25) is 5.02 Å². The van der Waals surface area contributed by atoms with Gasteiger partial charge in [-0.15, -0.1) is 0 Å². The summed E-state index contributed by atoms with van der Waals surface area (Å²) in [5, 5.41) is 4.34. The van der Waals surface area contributed by atoms with Gasteiger partial charge in [-0.05, 0) is 49.2 Å². The molecule has 4 heteroatoms. The van der Waals surface area contributed by atoms with Crippen LogP contribution in [0, 0.1) is 0 Å². The predicted molar refractivity (Wildman–Crippen MR) is 87.3 cm³/mol. The third kappa shape index (κ3) is 4.65. The van der Waals surface area contributed by atoms with Gasteiger partial charge < -0.3 is 9.73 Å². The Kier molecular flexibility index (Phi) is 6.14. The zero-order valence-electron chi connectivity index (χ0n) is 11.5. The van der Waals surface area contributed by atoms with Crippen LogP contribution in [-0.4, -0.2) is 12.6 Å². The molecule has 0 radical (unpaired) electrons. The zero-order chi connectivity index (χ0) is 14.4. The van der Waals surface area contributed by atoms with Gasteiger partial charge in [0.15, 0.2) is 0 Å². The molecular formula is C16H19BrClNO. The minimum Gasteiger partial charge on any atom is -0.469 e. The van der Waals surface area contributed by atoms with Gasteiger partial charge in [0.25, 0.3) is 0 Å². The average molecular weight is 357 g/mol. The van der Waals surface area contributed by atoms with Crippen molar-refractivity contribution in [3.8, 4) is 0 Å². The Balaban J connectivity index is 1.97. The standard InChI is InChI=1S/C16H19BrClNO/c1-2-19-14(7-8-15-4-3-9-20-15)10-12-5-6-13(17)11-16(12)18/h3-6,9,11,14,19H,2,7-8,10H2,1H3. The lowest BCUT2D eigenvalue weighted by Crippen LogP contribution is -2.31. The summed E-state index contributed by atoms with van der Waals surface area (Å²) in [6.45, 7) is 3.08. The van der Waals surface area contributed by atoms with Crippen molar-refractivity contribution in [1.82, 2.24) is 5.32 Å². The lowest BCUT2D eigenvalue weighted by atomic mass is 10.0. The number of likely N-dealkylation sites (N-methyl/N-ethyl adjacent to an activating group) is 1. The van der Waals surface area contributed by atoms with Crippen LogP contribution < -0.4 is 5.32 Å². The summed E-state index contributed by atoms with van der Waals surface area (Å²) >= 11 is 9.73. The Labute approximate surface area is 133 Å². The van der Waals surface area contributed by atoms with Crippen LogP contribution in [0.15, 0.2) is 45.5 Å². The number of hydrogen-bond donors (Lipinski definition) is 1. The molecule has 1 atom stereocenters. The van der Waals surface area contributed by atoms with E-state index in [1.807, 2.05) is 24.3 Å². The van der Waals surface area contributed by atoms with E-state index in [1.165, 1.54) is 5.56 Å². The molecule has 0 aliphatic rings. The largest absolute Gasteiger partial charge is 0.469 e. The van der Waals surface area contributed by atoms with Gasteiger partial charge in [-0.2, -0.15) is 0 Å². The molecular weight excluding hydrogens is 338 g/mol. The van der Waals surface area contributed by atoms with Crippen LogP contribution in [0.4, 0.5) is 0 Å². The third-order valence-corrected chi connectivity index (χ3v) is 4.14. The molecule has 0 saturated heterocycles. The molecule has 0 aliphatic heterocycles. The highest BCUT2D eigenvalue weighted by atomic mass is 79.9. The maximum Gasteiger partial charge on any atom is 0.103 e. The summed E-state index contributed by atoms with van der Waals surface area (Å²) in [7, 11) is 0. The molecule has 1 heterocycles. The van der Waals surface area contributed by atoms with E-state index in [2.05, 4.69) is 34.2 Å². The van der Waals surface area contributed by atoms with Crippen molar-refractivity contribution < 1.29 is 4.42 Å². The second-order valence-electron chi connectivity index (χ2n) is 4.81. The fourth-order valence-electron chi connectivity index (χ4n) is 2.29. The fraction of sp³-hybridized carbons (Fsp3) is 0.375. The Hall–Kier alpha value is -0.770. The highest BCUT2D eigenvalue weighted by Crippen LogP contribution is 2.23. The van der Waals surface area contributed by atoms with Crippen molar-refractivity contribution in [2.75, 3.05) is 6.54 Å². The summed E-state index contributed by atoms with van der Waals surface area (Å²) < 4.78 is 6.41. The van der Waals surface area contributed by atoms with Crippen LogP contribution in [0.1, 0.15) is 24.7 Å². The Morgan fingerprint density at radius 3 is 2.85 bits per heavy atom. The molecule has 0 amide bonds. The number of rotatable bonds is 7. The smallest absolute Gasteiger partial charge is 0.103 e. The van der Waals surface area contributed by atoms with Gasteiger partial charge >= 0.3 is 0 Å². The lowest BCUT2D eigenvalue weighted by molar-refractivity contribution is 0.448. The van der Waals surface area contributed by atoms with Gasteiger partial charge in [0.05, 0.1) is 6.26 Å². The maximum atomic E-state index is 6.30. The minimum atomic E-state index is 0.406. The first-order chi connectivity index (χ1) is 9.69. The van der Waals surface area contributed by atoms with Crippen molar-refractivity contribution in [3.05, 3.63) is 57.4 Å². The second-order valence-corrected chi connectivity index (χ2v) is 6.14. The maximum absolute atomic E-state index is 6.30. The number of furan rings is 1. The number of hydrogen-bond acceptors (Lipinski definition) is 2. The summed E-state index contributed by atoms with van der Waals surface area (Å²) in [6, 6.07) is 10.4. The molecule has 0 aliphatic carbocycles. The summed E-state index contributed by atoms with van der Waals surface area (Å²) in [5.74, 6) is 1.04. The normalized spacial score (nSPS) is 12.6. The third-order valence-electron chi connectivity index (χ3n) is 3.29. The number of aryl methyl sites for hydroxylation is 1. The number of benzene rings is 1. The molecule has 2 nitrogen and oxygen atoms in total. The number of halogens is 2. The van der Waals surface area contributed by atoms with Crippen LogP contribution in [0.25, 0.3) is 0 Å². The van der Waals surface area contributed by atoms with E-state index in [1.54, 1.807) is 6.26 Å². The van der Waals surface area contributed by atoms with E-state index in [-0.39, 0.29) is 0 Å². The van der Waals surface area contributed by atoms with E-state index in [0.717, 1.165) is 41.1 Å². The average Bonchev–Trinajstić information content (AvgIpc) is 2.92. The van der Waals surface area contributed by atoms with Gasteiger partial charge in [0, 0.05) is 22.0 Å². The molecule has 0 saturated carbocycles. The van der Waals surface area contributed by atoms with Crippen LogP contribution >= 0.6 is 27.5 Å². The van der Waals surface area contributed by atoms with E-state index in [4.69, 9.17) is 16.0 Å². The first-order valence-electron chi connectivity index (χ1n) is 6.88. The first kappa shape index (κ1) is 15.6. The van der Waals surface area contributed by atoms with Gasteiger partial charge in [0.2, 0.25) is 0 Å². The monoisotopic (exact) mass is 355 g/mol. The van der Waals surface area contributed by atoms with Crippen LogP contribution in [0.3, 0.4) is 0 Å². The summed E-state index contributed by atoms with van der Waals surface area (Å²) in [4.78, 5) is 0. The molecule has 20 heavy (non-hydrogen) atoms. The Bertz CT molecular complexity index is 527. The molecule has 2 rings (SSSR count). The molecule has 1 N–H and O–H groups in total. The van der Waals surface area contributed by atoms with Gasteiger partial charge in [-0.3, -0.25) is 0 Å². The summed E-state index contributed by atoms with van der Waals surface area (Å²) in [6.07, 6.45) is 4.64. The van der Waals surface area contributed by atoms with Crippen molar-refractivity contribution in [2.45, 2.75) is 32.2 Å². The highest BCUT2D eigenvalue weighted by molar-refractivity contribution is 9.10. The van der Waals surface area contributed by atoms with Gasteiger partial charge in [-0.25, -0.2) is 0 Å². The van der Waals surface area contributed by atoms with Crippen molar-refractivity contribution in [1.29, 1.82) is 0 Å². The van der Waals surface area contributed by atoms with E-state index in [0.29, 0.717) is 6.04 Å². The predicted octanol–water partition coefficient (Wildman–Crippen LogP) is 4.85. The highest BCUT2D eigenvalue weighted by Gasteiger charge is 2.12. The quantitative estimate of drug-likeness (QED) is 0.767. The van der Waals surface area contributed by atoms with Crippen molar-refractivity contribution >= 4 is 27.5 Å². The topological polar surface area (TPSA) is 25.2 Å². The molecule has 0 bridgehead atoms. The van der Waals surface area contributed by atoms with E-state index < -0.39 is 0 Å². The fourth-order valence-corrected chi connectivity index (χ4v) is 3.04. The minimum absolute atomic E-state index is 0.406.